The number of carbonyl (C=O) groups is 2. The molecule has 0 saturated carbocycles. The van der Waals surface area contributed by atoms with E-state index in [0.29, 0.717) is 0 Å². The molecule has 13 heavy (non-hydrogen) atoms. The van der Waals surface area contributed by atoms with Crippen LogP contribution in [0.3, 0.4) is 0 Å². The van der Waals surface area contributed by atoms with Gasteiger partial charge in [0.25, 0.3) is 0 Å². The van der Waals surface area contributed by atoms with E-state index in [1.165, 1.54) is 5.75 Å². The Kier molecular flexibility index (Phi) is 2.44. The molecule has 2 aliphatic rings. The zero-order valence-corrected chi connectivity index (χ0v) is 8.10. The molecule has 0 radical (unpaired) electrons. The smallest absolute Gasteiger partial charge is 0.311 e. The molecule has 0 aromatic carbocycles. The van der Waals surface area contributed by atoms with Gasteiger partial charge in [-0.1, -0.05) is 0 Å². The third-order valence-corrected chi connectivity index (χ3v) is 3.60. The number of nitrogens with zero attached hydrogens (tertiary/aromatic N) is 1. The third kappa shape index (κ3) is 1.80. The molecule has 2 fully saturated rings. The van der Waals surface area contributed by atoms with Crippen LogP contribution < -0.4 is 5.32 Å². The summed E-state index contributed by atoms with van der Waals surface area (Å²) in [6.07, 6.45) is 2.18. The maximum absolute atomic E-state index is 11.3. The van der Waals surface area contributed by atoms with Crippen molar-refractivity contribution < 1.29 is 9.59 Å². The summed E-state index contributed by atoms with van der Waals surface area (Å²) in [6.45, 7) is 0.254. The number of rotatable bonds is 1. The summed E-state index contributed by atoms with van der Waals surface area (Å²) in [5.74, 6) is 1.99. The zero-order chi connectivity index (χ0) is 9.26. The minimum absolute atomic E-state index is 0.166. The Morgan fingerprint density at radius 2 is 2.31 bits per heavy atom. The lowest BCUT2D eigenvalue weighted by Crippen LogP contribution is -2.40. The van der Waals surface area contributed by atoms with Crippen LogP contribution in [0.5, 0.6) is 0 Å². The van der Waals surface area contributed by atoms with Crippen LogP contribution in [0, 0.1) is 0 Å². The van der Waals surface area contributed by atoms with E-state index in [0.717, 1.165) is 18.6 Å². The monoisotopic (exact) mass is 200 g/mol. The molecule has 0 aliphatic carbocycles. The second-order valence-electron chi connectivity index (χ2n) is 3.35. The van der Waals surface area contributed by atoms with Crippen molar-refractivity contribution in [1.29, 1.82) is 0 Å². The molecule has 72 valence electrons. The van der Waals surface area contributed by atoms with Crippen molar-refractivity contribution in [1.82, 2.24) is 10.2 Å². The average molecular weight is 200 g/mol. The molecule has 0 aromatic rings. The van der Waals surface area contributed by atoms with E-state index in [9.17, 15) is 9.59 Å². The van der Waals surface area contributed by atoms with Gasteiger partial charge in [0.2, 0.25) is 5.91 Å². The van der Waals surface area contributed by atoms with Crippen LogP contribution in [0.2, 0.25) is 0 Å². The van der Waals surface area contributed by atoms with E-state index in [1.54, 1.807) is 4.90 Å². The molecule has 1 N–H and O–H groups in total. The molecular formula is C8H12N2O2S. The number of imide groups is 1. The predicted octanol–water partition coefficient (Wildman–Crippen LogP) is 0.434. The van der Waals surface area contributed by atoms with Crippen LogP contribution in [0.15, 0.2) is 0 Å². The Hall–Kier alpha value is -0.710. The molecule has 1 unspecified atom stereocenters. The fourth-order valence-electron chi connectivity index (χ4n) is 1.72. The highest BCUT2D eigenvalue weighted by atomic mass is 32.2. The van der Waals surface area contributed by atoms with E-state index < -0.39 is 0 Å². The first kappa shape index (κ1) is 8.87. The highest BCUT2D eigenvalue weighted by Gasteiger charge is 2.33. The molecule has 0 spiro atoms. The Balaban J connectivity index is 1.99. The van der Waals surface area contributed by atoms with Crippen LogP contribution in [0.1, 0.15) is 12.8 Å². The van der Waals surface area contributed by atoms with Gasteiger partial charge in [-0.25, -0.2) is 4.79 Å². The van der Waals surface area contributed by atoms with Gasteiger partial charge < -0.3 is 4.90 Å². The molecule has 2 saturated heterocycles. The SMILES string of the molecule is O=C1CN(C2CCCSC2)C(=O)N1. The van der Waals surface area contributed by atoms with Crippen molar-refractivity contribution in [3.63, 3.8) is 0 Å². The number of thioether (sulfide) groups is 1. The van der Waals surface area contributed by atoms with Crippen molar-refractivity contribution in [2.75, 3.05) is 18.1 Å². The molecule has 0 aromatic heterocycles. The fourth-order valence-corrected chi connectivity index (χ4v) is 2.88. The number of hydrogen-bond donors (Lipinski definition) is 1. The van der Waals surface area contributed by atoms with Crippen molar-refractivity contribution in [2.45, 2.75) is 18.9 Å². The predicted molar refractivity (Wildman–Crippen MR) is 50.6 cm³/mol. The molecule has 1 atom stereocenters. The summed E-state index contributed by atoms with van der Waals surface area (Å²) in [5.41, 5.74) is 0. The van der Waals surface area contributed by atoms with Gasteiger partial charge in [0, 0.05) is 11.8 Å². The summed E-state index contributed by atoms with van der Waals surface area (Å²) >= 11 is 1.86. The Morgan fingerprint density at radius 3 is 2.85 bits per heavy atom. The molecular weight excluding hydrogens is 188 g/mol. The Morgan fingerprint density at radius 1 is 1.46 bits per heavy atom. The van der Waals surface area contributed by atoms with Gasteiger partial charge in [-0.05, 0) is 18.6 Å². The van der Waals surface area contributed by atoms with Crippen molar-refractivity contribution in [3.8, 4) is 0 Å². The highest BCUT2D eigenvalue weighted by Crippen LogP contribution is 2.22. The maximum atomic E-state index is 11.3. The fraction of sp³-hybridized carbons (Fsp3) is 0.750. The largest absolute Gasteiger partial charge is 0.324 e. The van der Waals surface area contributed by atoms with E-state index in [-0.39, 0.29) is 24.5 Å². The summed E-state index contributed by atoms with van der Waals surface area (Å²) in [5, 5.41) is 2.30. The number of nitrogens with one attached hydrogen (secondary N) is 1. The lowest BCUT2D eigenvalue weighted by Gasteiger charge is -2.28. The lowest BCUT2D eigenvalue weighted by atomic mass is 10.1. The van der Waals surface area contributed by atoms with Crippen LogP contribution in [0.4, 0.5) is 4.79 Å². The van der Waals surface area contributed by atoms with Gasteiger partial charge in [-0.15, -0.1) is 0 Å². The van der Waals surface area contributed by atoms with Crippen LogP contribution in [0.25, 0.3) is 0 Å². The Bertz CT molecular complexity index is 238. The van der Waals surface area contributed by atoms with E-state index in [2.05, 4.69) is 5.32 Å². The van der Waals surface area contributed by atoms with E-state index >= 15 is 0 Å². The average Bonchev–Trinajstić information content (AvgIpc) is 2.47. The lowest BCUT2D eigenvalue weighted by molar-refractivity contribution is -0.118. The molecule has 2 aliphatic heterocycles. The summed E-state index contributed by atoms with van der Waals surface area (Å²) in [4.78, 5) is 23.9. The first-order valence-electron chi connectivity index (χ1n) is 4.45. The number of urea groups is 1. The van der Waals surface area contributed by atoms with Gasteiger partial charge in [0.05, 0.1) is 0 Å². The molecule has 2 rings (SSSR count). The number of hydrogen-bond acceptors (Lipinski definition) is 3. The summed E-state index contributed by atoms with van der Waals surface area (Å²) in [6, 6.07) is 0.0581. The molecule has 3 amide bonds. The highest BCUT2D eigenvalue weighted by molar-refractivity contribution is 7.99. The van der Waals surface area contributed by atoms with Gasteiger partial charge in [0.15, 0.2) is 0 Å². The molecule has 5 heteroatoms. The minimum atomic E-state index is -0.211. The summed E-state index contributed by atoms with van der Waals surface area (Å²) < 4.78 is 0. The Labute approximate surface area is 81.0 Å². The van der Waals surface area contributed by atoms with E-state index in [1.807, 2.05) is 11.8 Å². The van der Waals surface area contributed by atoms with E-state index in [4.69, 9.17) is 0 Å². The number of carbonyl (C=O) groups excluding carboxylic acids is 2. The molecule has 2 heterocycles. The maximum Gasteiger partial charge on any atom is 0.324 e. The van der Waals surface area contributed by atoms with Crippen LogP contribution in [-0.2, 0) is 4.79 Å². The minimum Gasteiger partial charge on any atom is -0.311 e. The molecule has 4 nitrogen and oxygen atoms in total. The van der Waals surface area contributed by atoms with Gasteiger partial charge in [-0.3, -0.25) is 10.1 Å². The zero-order valence-electron chi connectivity index (χ0n) is 7.28. The quantitative estimate of drug-likeness (QED) is 0.625. The topological polar surface area (TPSA) is 49.4 Å². The normalized spacial score (nSPS) is 29.2. The number of amides is 3. The first-order chi connectivity index (χ1) is 6.27. The van der Waals surface area contributed by atoms with Crippen LogP contribution in [-0.4, -0.2) is 40.9 Å². The van der Waals surface area contributed by atoms with Crippen LogP contribution >= 0.6 is 11.8 Å². The standard InChI is InChI=1S/C8H12N2O2S/c11-7-4-10(8(12)9-7)6-2-1-3-13-5-6/h6H,1-5H2,(H,9,11,12). The van der Waals surface area contributed by atoms with Crippen molar-refractivity contribution in [2.24, 2.45) is 0 Å². The second-order valence-corrected chi connectivity index (χ2v) is 4.50. The second kappa shape index (κ2) is 3.57. The van der Waals surface area contributed by atoms with Gasteiger partial charge in [-0.2, -0.15) is 11.8 Å². The first-order valence-corrected chi connectivity index (χ1v) is 5.61. The van der Waals surface area contributed by atoms with Gasteiger partial charge >= 0.3 is 6.03 Å². The van der Waals surface area contributed by atoms with Crippen molar-refractivity contribution in [3.05, 3.63) is 0 Å². The third-order valence-electron chi connectivity index (χ3n) is 2.40. The van der Waals surface area contributed by atoms with Gasteiger partial charge in [0.1, 0.15) is 6.54 Å². The summed E-state index contributed by atoms with van der Waals surface area (Å²) in [7, 11) is 0. The molecule has 0 bridgehead atoms. The van der Waals surface area contributed by atoms with Crippen molar-refractivity contribution >= 4 is 23.7 Å².